The zero-order chi connectivity index (χ0) is 19.8. The van der Waals surface area contributed by atoms with E-state index in [-0.39, 0.29) is 10.8 Å². The molecule has 0 bridgehead atoms. The molecule has 2 aliphatic rings. The van der Waals surface area contributed by atoms with Crippen LogP contribution in [0.4, 0.5) is 0 Å². The number of benzene rings is 1. The van der Waals surface area contributed by atoms with Crippen molar-refractivity contribution in [2.24, 2.45) is 11.8 Å². The van der Waals surface area contributed by atoms with Gasteiger partial charge in [-0.25, -0.2) is 8.42 Å². The van der Waals surface area contributed by atoms with E-state index in [4.69, 9.17) is 11.6 Å². The quantitative estimate of drug-likeness (QED) is 0.820. The molecule has 1 heterocycles. The fourth-order valence-corrected chi connectivity index (χ4v) is 6.08. The largest absolute Gasteiger partial charge is 0.350 e. The molecule has 7 heteroatoms. The summed E-state index contributed by atoms with van der Waals surface area (Å²) in [4.78, 5) is 13.2. The van der Waals surface area contributed by atoms with E-state index in [1.165, 1.54) is 22.9 Å². The van der Waals surface area contributed by atoms with Gasteiger partial charge in [-0.2, -0.15) is 4.31 Å². The lowest BCUT2D eigenvalue weighted by molar-refractivity contribution is -0.128. The van der Waals surface area contributed by atoms with Crippen LogP contribution in [0.25, 0.3) is 0 Å². The van der Waals surface area contributed by atoms with Crippen molar-refractivity contribution < 1.29 is 13.2 Å². The van der Waals surface area contributed by atoms with Crippen LogP contribution in [0.5, 0.6) is 0 Å². The van der Waals surface area contributed by atoms with Crippen molar-refractivity contribution in [2.75, 3.05) is 6.54 Å². The van der Waals surface area contributed by atoms with Crippen LogP contribution >= 0.6 is 11.6 Å². The summed E-state index contributed by atoms with van der Waals surface area (Å²) in [5, 5.41) is 3.47. The summed E-state index contributed by atoms with van der Waals surface area (Å²) in [6.07, 6.45) is 5.01. The van der Waals surface area contributed by atoms with Gasteiger partial charge in [-0.05, 0) is 69.7 Å². The van der Waals surface area contributed by atoms with Crippen molar-refractivity contribution in [1.82, 2.24) is 9.62 Å². The van der Waals surface area contributed by atoms with Crippen molar-refractivity contribution in [1.29, 1.82) is 0 Å². The number of rotatable bonds is 3. The minimum atomic E-state index is -3.77. The van der Waals surface area contributed by atoms with Gasteiger partial charge in [0.25, 0.3) is 0 Å². The van der Waals surface area contributed by atoms with Crippen LogP contribution in [0.15, 0.2) is 29.2 Å². The van der Waals surface area contributed by atoms with Gasteiger partial charge in [-0.3, -0.25) is 4.79 Å². The highest BCUT2D eigenvalue weighted by molar-refractivity contribution is 7.89. The normalized spacial score (nSPS) is 27.0. The Kier molecular flexibility index (Phi) is 5.90. The number of nitrogens with zero attached hydrogens (tertiary/aromatic N) is 1. The lowest BCUT2D eigenvalue weighted by Gasteiger charge is -2.45. The van der Waals surface area contributed by atoms with E-state index in [2.05, 4.69) is 5.32 Å². The van der Waals surface area contributed by atoms with E-state index in [1.807, 2.05) is 20.8 Å². The first-order chi connectivity index (χ1) is 12.6. The maximum atomic E-state index is 13.4. The third kappa shape index (κ3) is 4.66. The second-order valence-electron chi connectivity index (χ2n) is 8.82. The molecule has 1 amide bonds. The molecule has 150 valence electrons. The molecule has 0 aromatic heterocycles. The molecule has 5 nitrogen and oxygen atoms in total. The second-order valence-corrected chi connectivity index (χ2v) is 11.2. The van der Waals surface area contributed by atoms with Crippen LogP contribution in [0.1, 0.15) is 52.9 Å². The minimum Gasteiger partial charge on any atom is -0.350 e. The first-order valence-electron chi connectivity index (χ1n) is 9.67. The summed E-state index contributed by atoms with van der Waals surface area (Å²) < 4.78 is 28.1. The van der Waals surface area contributed by atoms with Crippen LogP contribution < -0.4 is 5.32 Å². The van der Waals surface area contributed by atoms with E-state index in [0.717, 1.165) is 19.3 Å². The standard InChI is InChI=1S/C20H29ClN2O3S/c1-20(2,3)22-19(24)18-12-14-6-4-5-7-15(14)13-23(18)27(25,26)17-10-8-16(21)9-11-17/h8-11,14-15,18H,4-7,12-13H2,1-3H3,(H,22,24)/t14?,15?,18-/m1/s1. The highest BCUT2D eigenvalue weighted by Crippen LogP contribution is 2.40. The van der Waals surface area contributed by atoms with Crippen molar-refractivity contribution in [2.45, 2.75) is 69.4 Å². The minimum absolute atomic E-state index is 0.190. The number of amides is 1. The van der Waals surface area contributed by atoms with Crippen LogP contribution in [0.2, 0.25) is 5.02 Å². The molecule has 1 saturated heterocycles. The Morgan fingerprint density at radius 2 is 1.70 bits per heavy atom. The second kappa shape index (κ2) is 7.72. The van der Waals surface area contributed by atoms with Crippen LogP contribution in [0, 0.1) is 11.8 Å². The van der Waals surface area contributed by atoms with Gasteiger partial charge >= 0.3 is 0 Å². The first-order valence-corrected chi connectivity index (χ1v) is 11.5. The average molecular weight is 413 g/mol. The summed E-state index contributed by atoms with van der Waals surface area (Å²) >= 11 is 5.92. The number of fused-ring (bicyclic) bond motifs is 1. The van der Waals surface area contributed by atoms with E-state index in [0.29, 0.717) is 29.8 Å². The molecule has 1 aliphatic heterocycles. The molecule has 0 radical (unpaired) electrons. The predicted octanol–water partition coefficient (Wildman–Crippen LogP) is 3.82. The van der Waals surface area contributed by atoms with Gasteiger partial charge in [0, 0.05) is 17.1 Å². The summed E-state index contributed by atoms with van der Waals surface area (Å²) in [5.41, 5.74) is -0.407. The molecule has 1 N–H and O–H groups in total. The number of halogens is 1. The number of piperidine rings is 1. The van der Waals surface area contributed by atoms with Gasteiger partial charge < -0.3 is 5.32 Å². The van der Waals surface area contributed by atoms with Crippen molar-refractivity contribution in [3.8, 4) is 0 Å². The van der Waals surface area contributed by atoms with Crippen LogP contribution in [-0.2, 0) is 14.8 Å². The molecule has 1 aliphatic carbocycles. The fraction of sp³-hybridized carbons (Fsp3) is 0.650. The number of carbonyl (C=O) groups is 1. The molecule has 1 aromatic rings. The smallest absolute Gasteiger partial charge is 0.243 e. The molecule has 1 aromatic carbocycles. The van der Waals surface area contributed by atoms with Gasteiger partial charge in [0.05, 0.1) is 4.90 Å². The number of nitrogens with one attached hydrogen (secondary N) is 1. The molecule has 1 saturated carbocycles. The molecule has 27 heavy (non-hydrogen) atoms. The number of hydrogen-bond acceptors (Lipinski definition) is 3. The lowest BCUT2D eigenvalue weighted by atomic mass is 9.73. The number of carbonyl (C=O) groups excluding carboxylic acids is 1. The molecule has 0 spiro atoms. The van der Waals surface area contributed by atoms with Crippen LogP contribution in [-0.4, -0.2) is 36.8 Å². The van der Waals surface area contributed by atoms with E-state index in [9.17, 15) is 13.2 Å². The highest BCUT2D eigenvalue weighted by atomic mass is 35.5. The van der Waals surface area contributed by atoms with Gasteiger partial charge in [0.1, 0.15) is 6.04 Å². The predicted molar refractivity (Wildman–Crippen MR) is 107 cm³/mol. The van der Waals surface area contributed by atoms with E-state index < -0.39 is 21.6 Å². The Balaban J connectivity index is 1.94. The van der Waals surface area contributed by atoms with Gasteiger partial charge in [-0.15, -0.1) is 0 Å². The molecular formula is C20H29ClN2O3S. The van der Waals surface area contributed by atoms with Gasteiger partial charge in [0.15, 0.2) is 0 Å². The topological polar surface area (TPSA) is 66.5 Å². The Hall–Kier alpha value is -1.11. The Labute approximate surface area is 167 Å². The van der Waals surface area contributed by atoms with Gasteiger partial charge in [0.2, 0.25) is 15.9 Å². The van der Waals surface area contributed by atoms with Crippen molar-refractivity contribution >= 4 is 27.5 Å². The lowest BCUT2D eigenvalue weighted by Crippen LogP contribution is -2.58. The number of hydrogen-bond donors (Lipinski definition) is 1. The van der Waals surface area contributed by atoms with Crippen molar-refractivity contribution in [3.05, 3.63) is 29.3 Å². The maximum Gasteiger partial charge on any atom is 0.243 e. The molecule has 2 unspecified atom stereocenters. The summed E-state index contributed by atoms with van der Waals surface area (Å²) in [5.74, 6) is 0.551. The summed E-state index contributed by atoms with van der Waals surface area (Å²) in [7, 11) is -3.77. The van der Waals surface area contributed by atoms with E-state index >= 15 is 0 Å². The molecule has 2 fully saturated rings. The van der Waals surface area contributed by atoms with Gasteiger partial charge in [-0.1, -0.05) is 30.9 Å². The summed E-state index contributed by atoms with van der Waals surface area (Å²) in [6, 6.07) is 5.52. The number of sulfonamides is 1. The third-order valence-corrected chi connectivity index (χ3v) is 7.72. The first kappa shape index (κ1) is 20.6. The van der Waals surface area contributed by atoms with Crippen LogP contribution in [0.3, 0.4) is 0 Å². The maximum absolute atomic E-state index is 13.4. The zero-order valence-electron chi connectivity index (χ0n) is 16.2. The van der Waals surface area contributed by atoms with E-state index in [1.54, 1.807) is 12.1 Å². The fourth-order valence-electron chi connectivity index (χ4n) is 4.30. The third-order valence-electron chi connectivity index (χ3n) is 5.58. The Bertz CT molecular complexity index is 786. The average Bonchev–Trinajstić information content (AvgIpc) is 2.59. The SMILES string of the molecule is CC(C)(C)NC(=O)[C@H]1CC2CCCCC2CN1S(=O)(=O)c1ccc(Cl)cc1. The summed E-state index contributed by atoms with van der Waals surface area (Å²) in [6.45, 7) is 6.15. The Morgan fingerprint density at radius 1 is 1.11 bits per heavy atom. The monoisotopic (exact) mass is 412 g/mol. The molecular weight excluding hydrogens is 384 g/mol. The van der Waals surface area contributed by atoms with Crippen molar-refractivity contribution in [3.63, 3.8) is 0 Å². The molecule has 3 atom stereocenters. The Morgan fingerprint density at radius 3 is 2.30 bits per heavy atom. The molecule has 3 rings (SSSR count). The zero-order valence-corrected chi connectivity index (χ0v) is 17.8. The highest BCUT2D eigenvalue weighted by Gasteiger charge is 2.45.